The van der Waals surface area contributed by atoms with Gasteiger partial charge in [-0.05, 0) is 26.0 Å². The Morgan fingerprint density at radius 3 is 2.65 bits per heavy atom. The van der Waals surface area contributed by atoms with E-state index in [1.165, 1.54) is 10.9 Å². The fourth-order valence-corrected chi connectivity index (χ4v) is 3.19. The fraction of sp³-hybridized carbons (Fsp3) is 0.308. The van der Waals surface area contributed by atoms with Crippen molar-refractivity contribution < 1.29 is 0 Å². The second-order valence-electron chi connectivity index (χ2n) is 3.73. The Morgan fingerprint density at radius 1 is 1.24 bits per heavy atom. The average Bonchev–Trinajstić information content (AvgIpc) is 2.74. The van der Waals surface area contributed by atoms with Gasteiger partial charge in [-0.2, -0.15) is 0 Å². The maximum atomic E-state index is 5.45. The van der Waals surface area contributed by atoms with Crippen molar-refractivity contribution in [2.45, 2.75) is 13.8 Å². The Kier molecular flexibility index (Phi) is 4.07. The van der Waals surface area contributed by atoms with E-state index in [2.05, 4.69) is 59.2 Å². The fourth-order valence-electron chi connectivity index (χ4n) is 1.76. The van der Waals surface area contributed by atoms with Gasteiger partial charge in [-0.25, -0.2) is 0 Å². The summed E-state index contributed by atoms with van der Waals surface area (Å²) in [6, 6.07) is 10.5. The Bertz CT molecular complexity index is 515. The molecule has 0 spiro atoms. The topological polar surface area (TPSA) is 8.17 Å². The highest BCUT2D eigenvalue weighted by molar-refractivity contribution is 8.22. The Labute approximate surface area is 112 Å². The van der Waals surface area contributed by atoms with Crippen LogP contribution < -0.4 is 0 Å². The van der Waals surface area contributed by atoms with Crippen LogP contribution in [0.4, 0.5) is 0 Å². The highest BCUT2D eigenvalue weighted by Gasteiger charge is 2.08. The van der Waals surface area contributed by atoms with Gasteiger partial charge in [0.2, 0.25) is 0 Å². The summed E-state index contributed by atoms with van der Waals surface area (Å²) in [6.07, 6.45) is 2.07. The van der Waals surface area contributed by atoms with Crippen molar-refractivity contribution in [3.63, 3.8) is 0 Å². The van der Waals surface area contributed by atoms with Gasteiger partial charge in [0.15, 0.2) is 4.32 Å². The minimum atomic E-state index is 0.927. The predicted octanol–water partition coefficient (Wildman–Crippen LogP) is 3.76. The molecular weight excluding hydrogens is 248 g/mol. The van der Waals surface area contributed by atoms with Gasteiger partial charge in [-0.3, -0.25) is 3.97 Å². The van der Waals surface area contributed by atoms with Gasteiger partial charge >= 0.3 is 0 Å². The molecule has 4 heteroatoms. The van der Waals surface area contributed by atoms with E-state index >= 15 is 0 Å². The molecule has 0 atom stereocenters. The summed E-state index contributed by atoms with van der Waals surface area (Å²) in [4.78, 5) is 2.19. The van der Waals surface area contributed by atoms with E-state index in [4.69, 9.17) is 12.2 Å². The molecule has 0 bridgehead atoms. The monoisotopic (exact) mass is 264 g/mol. The minimum Gasteiger partial charge on any atom is -0.357 e. The number of hydrogen-bond acceptors (Lipinski definition) is 2. The highest BCUT2D eigenvalue weighted by Crippen LogP contribution is 2.22. The van der Waals surface area contributed by atoms with Gasteiger partial charge in [0.1, 0.15) is 0 Å². The smallest absolute Gasteiger partial charge is 0.157 e. The molecule has 0 saturated carbocycles. The van der Waals surface area contributed by atoms with Gasteiger partial charge in [0.05, 0.1) is 5.52 Å². The van der Waals surface area contributed by atoms with Crippen molar-refractivity contribution in [3.05, 3.63) is 36.5 Å². The largest absolute Gasteiger partial charge is 0.357 e. The van der Waals surface area contributed by atoms with Crippen molar-refractivity contribution in [3.8, 4) is 0 Å². The maximum Gasteiger partial charge on any atom is 0.157 e. The van der Waals surface area contributed by atoms with E-state index in [0.29, 0.717) is 0 Å². The average molecular weight is 264 g/mol. The molecule has 0 amide bonds. The zero-order valence-electron chi connectivity index (χ0n) is 10.1. The third-order valence-electron chi connectivity index (χ3n) is 2.76. The minimum absolute atomic E-state index is 0.927. The van der Waals surface area contributed by atoms with Crippen molar-refractivity contribution in [1.29, 1.82) is 0 Å². The first-order valence-corrected chi connectivity index (χ1v) is 6.97. The molecule has 0 aliphatic rings. The Morgan fingerprint density at radius 2 is 1.94 bits per heavy atom. The maximum absolute atomic E-state index is 5.45. The molecule has 1 aromatic carbocycles. The Hall–Kier alpha value is -1.00. The van der Waals surface area contributed by atoms with Crippen LogP contribution in [0.1, 0.15) is 13.8 Å². The van der Waals surface area contributed by atoms with Crippen LogP contribution in [0.2, 0.25) is 0 Å². The van der Waals surface area contributed by atoms with Gasteiger partial charge in [-0.15, -0.1) is 0 Å². The van der Waals surface area contributed by atoms with Gasteiger partial charge in [0.25, 0.3) is 0 Å². The number of rotatable bonds is 3. The summed E-state index contributed by atoms with van der Waals surface area (Å²) in [6.45, 7) is 6.18. The number of para-hydroxylation sites is 1. The predicted molar refractivity (Wildman–Crippen MR) is 80.4 cm³/mol. The van der Waals surface area contributed by atoms with Crippen molar-refractivity contribution in [1.82, 2.24) is 8.87 Å². The summed E-state index contributed by atoms with van der Waals surface area (Å²) in [7, 11) is 0. The van der Waals surface area contributed by atoms with Crippen molar-refractivity contribution >= 4 is 39.4 Å². The molecule has 0 N–H and O–H groups in total. The van der Waals surface area contributed by atoms with E-state index in [1.54, 1.807) is 11.9 Å². The van der Waals surface area contributed by atoms with Crippen LogP contribution in [0, 0.1) is 0 Å². The van der Waals surface area contributed by atoms with E-state index in [9.17, 15) is 0 Å². The molecule has 2 nitrogen and oxygen atoms in total. The zero-order valence-corrected chi connectivity index (χ0v) is 11.7. The van der Waals surface area contributed by atoms with Crippen LogP contribution >= 0.6 is 24.2 Å². The molecule has 0 fully saturated rings. The molecule has 2 aromatic rings. The molecule has 0 aliphatic carbocycles. The SMILES string of the molecule is CCN(CC)C(=S)Sn1ccc2ccccc21. The quantitative estimate of drug-likeness (QED) is 0.780. The van der Waals surface area contributed by atoms with Gasteiger partial charge in [-0.1, -0.05) is 30.4 Å². The molecule has 17 heavy (non-hydrogen) atoms. The van der Waals surface area contributed by atoms with Crippen molar-refractivity contribution in [2.24, 2.45) is 0 Å². The summed E-state index contributed by atoms with van der Waals surface area (Å²) in [5.41, 5.74) is 1.21. The van der Waals surface area contributed by atoms with Crippen LogP contribution in [0.3, 0.4) is 0 Å². The lowest BCUT2D eigenvalue weighted by molar-refractivity contribution is 0.482. The number of thiocarbonyl (C=S) groups is 1. The summed E-state index contributed by atoms with van der Waals surface area (Å²) in [5, 5.41) is 1.25. The molecule has 1 heterocycles. The van der Waals surface area contributed by atoms with Gasteiger partial charge in [0, 0.05) is 36.6 Å². The number of hydrogen-bond donors (Lipinski definition) is 0. The van der Waals surface area contributed by atoms with Crippen LogP contribution in [0.25, 0.3) is 10.9 Å². The third-order valence-corrected chi connectivity index (χ3v) is 4.17. The van der Waals surface area contributed by atoms with Crippen LogP contribution in [-0.4, -0.2) is 26.3 Å². The first-order chi connectivity index (χ1) is 8.26. The Balaban J connectivity index is 2.21. The normalized spacial score (nSPS) is 10.7. The van der Waals surface area contributed by atoms with E-state index in [1.807, 2.05) is 0 Å². The van der Waals surface area contributed by atoms with E-state index in [-0.39, 0.29) is 0 Å². The van der Waals surface area contributed by atoms with Crippen LogP contribution in [-0.2, 0) is 0 Å². The zero-order chi connectivity index (χ0) is 12.3. The lowest BCUT2D eigenvalue weighted by Gasteiger charge is -2.20. The second-order valence-corrected chi connectivity index (χ2v) is 5.34. The summed E-state index contributed by atoms with van der Waals surface area (Å²) < 4.78 is 3.06. The number of fused-ring (bicyclic) bond motifs is 1. The lowest BCUT2D eigenvalue weighted by Crippen LogP contribution is -2.27. The third kappa shape index (κ3) is 2.64. The molecule has 1 aromatic heterocycles. The first kappa shape index (κ1) is 12.5. The lowest BCUT2D eigenvalue weighted by atomic mass is 10.3. The van der Waals surface area contributed by atoms with Crippen LogP contribution in [0.15, 0.2) is 36.5 Å². The number of nitrogens with zero attached hydrogens (tertiary/aromatic N) is 2. The number of aromatic nitrogens is 1. The highest BCUT2D eigenvalue weighted by atomic mass is 32.2. The van der Waals surface area contributed by atoms with E-state index < -0.39 is 0 Å². The molecule has 0 saturated heterocycles. The molecular formula is C13H16N2S2. The summed E-state index contributed by atoms with van der Waals surface area (Å²) >= 11 is 7.06. The van der Waals surface area contributed by atoms with Gasteiger partial charge < -0.3 is 4.90 Å². The molecule has 0 aliphatic heterocycles. The molecule has 2 rings (SSSR count). The summed E-state index contributed by atoms with van der Waals surface area (Å²) in [5.74, 6) is 0. The molecule has 0 radical (unpaired) electrons. The van der Waals surface area contributed by atoms with E-state index in [0.717, 1.165) is 17.4 Å². The first-order valence-electron chi connectivity index (χ1n) is 5.79. The van der Waals surface area contributed by atoms with Crippen molar-refractivity contribution in [2.75, 3.05) is 13.1 Å². The molecule has 0 unspecified atom stereocenters. The molecule has 90 valence electrons. The number of benzene rings is 1. The van der Waals surface area contributed by atoms with Crippen LogP contribution in [0.5, 0.6) is 0 Å². The standard InChI is InChI=1S/C13H16N2S2/c1-3-14(4-2)13(16)17-15-10-9-11-7-5-6-8-12(11)15/h5-10H,3-4H2,1-2H3. The second kappa shape index (κ2) is 5.56.